The van der Waals surface area contributed by atoms with Gasteiger partial charge in [-0.05, 0) is 27.7 Å². The Labute approximate surface area is 63.5 Å². The predicted molar refractivity (Wildman–Crippen MR) is 41.8 cm³/mol. The van der Waals surface area contributed by atoms with E-state index in [1.54, 1.807) is 4.67 Å². The first-order valence-corrected chi connectivity index (χ1v) is 4.64. The highest BCUT2D eigenvalue weighted by molar-refractivity contribution is 7.34. The minimum Gasteiger partial charge on any atom is -0.595 e. The Hall–Kier alpha value is 0.0200. The molecular weight excluding hydrogens is 147 g/mol. The molecule has 0 amide bonds. The summed E-state index contributed by atoms with van der Waals surface area (Å²) in [6, 6.07) is 0.391. The second-order valence-corrected chi connectivity index (χ2v) is 3.85. The first-order chi connectivity index (χ1) is 4.46. The topological polar surface area (TPSA) is 50.2 Å². The van der Waals surface area contributed by atoms with Crippen LogP contribution in [0.2, 0.25) is 0 Å². The van der Waals surface area contributed by atoms with E-state index in [-0.39, 0.29) is 12.1 Å². The van der Waals surface area contributed by atoms with Crippen molar-refractivity contribution >= 4 is 8.09 Å². The molecule has 0 radical (unpaired) electrons. The van der Waals surface area contributed by atoms with E-state index in [0.29, 0.717) is 0 Å². The van der Waals surface area contributed by atoms with Crippen molar-refractivity contribution in [3.63, 3.8) is 0 Å². The van der Waals surface area contributed by atoms with Gasteiger partial charge in [-0.15, -0.1) is 9.83 Å². The Morgan fingerprint density at radius 3 is 1.50 bits per heavy atom. The average Bonchev–Trinajstić information content (AvgIpc) is 1.59. The minimum atomic E-state index is -1.91. The second-order valence-electron chi connectivity index (χ2n) is 2.84. The fraction of sp³-hybridized carbons (Fsp3) is 1.00. The molecule has 1 atom stereocenters. The molecular formula is C6H15N2OP. The zero-order chi connectivity index (χ0) is 8.31. The Kier molecular flexibility index (Phi) is 4.02. The third-order valence-corrected chi connectivity index (χ3v) is 2.61. The molecule has 0 fully saturated rings. The van der Waals surface area contributed by atoms with Crippen LogP contribution < -0.4 is 4.89 Å². The summed E-state index contributed by atoms with van der Waals surface area (Å²) in [5.74, 6) is 0. The molecule has 1 unspecified atom stereocenters. The quantitative estimate of drug-likeness (QED) is 0.640. The number of hydrogen-bond donors (Lipinski definition) is 1. The van der Waals surface area contributed by atoms with Crippen LogP contribution in [-0.4, -0.2) is 16.8 Å². The van der Waals surface area contributed by atoms with Crippen molar-refractivity contribution in [2.24, 2.45) is 0 Å². The highest BCUT2D eigenvalue weighted by Crippen LogP contribution is 2.23. The molecule has 0 spiro atoms. The van der Waals surface area contributed by atoms with Crippen molar-refractivity contribution in [3.05, 3.63) is 0 Å². The lowest BCUT2D eigenvalue weighted by Crippen LogP contribution is -2.32. The van der Waals surface area contributed by atoms with Crippen LogP contribution in [0, 0.1) is 5.16 Å². The maximum Gasteiger partial charge on any atom is 0.261 e. The van der Waals surface area contributed by atoms with Gasteiger partial charge in [0.1, 0.15) is 0 Å². The Balaban J connectivity index is 4.12. The van der Waals surface area contributed by atoms with Crippen LogP contribution >= 0.6 is 8.09 Å². The Morgan fingerprint density at radius 1 is 1.20 bits per heavy atom. The summed E-state index contributed by atoms with van der Waals surface area (Å²) in [5, 5.41) is 7.03. The van der Waals surface area contributed by atoms with E-state index in [1.165, 1.54) is 0 Å². The van der Waals surface area contributed by atoms with Crippen LogP contribution in [0.5, 0.6) is 0 Å². The van der Waals surface area contributed by atoms with E-state index >= 15 is 0 Å². The highest BCUT2D eigenvalue weighted by Gasteiger charge is 2.21. The molecule has 0 aromatic heterocycles. The lowest BCUT2D eigenvalue weighted by Gasteiger charge is -2.22. The van der Waals surface area contributed by atoms with Gasteiger partial charge in [0.05, 0.1) is 0 Å². The van der Waals surface area contributed by atoms with Gasteiger partial charge >= 0.3 is 0 Å². The lowest BCUT2D eigenvalue weighted by molar-refractivity contribution is -0.169. The highest BCUT2D eigenvalue weighted by atomic mass is 31.1. The van der Waals surface area contributed by atoms with Crippen molar-refractivity contribution in [2.45, 2.75) is 39.8 Å². The van der Waals surface area contributed by atoms with Crippen molar-refractivity contribution in [3.8, 4) is 0 Å². The summed E-state index contributed by atoms with van der Waals surface area (Å²) in [6.45, 7) is 7.78. The molecule has 0 rings (SSSR count). The smallest absolute Gasteiger partial charge is 0.261 e. The van der Waals surface area contributed by atoms with Crippen LogP contribution in [0.4, 0.5) is 0 Å². The van der Waals surface area contributed by atoms with E-state index < -0.39 is 8.09 Å². The molecule has 10 heavy (non-hydrogen) atoms. The maximum absolute atomic E-state index is 10.8. The van der Waals surface area contributed by atoms with E-state index in [2.05, 4.69) is 0 Å². The summed E-state index contributed by atoms with van der Waals surface area (Å²) >= 11 is 0. The zero-order valence-electron chi connectivity index (χ0n) is 6.96. The monoisotopic (exact) mass is 162 g/mol. The van der Waals surface area contributed by atoms with Gasteiger partial charge < -0.3 is 4.89 Å². The standard InChI is InChI=1S/C6H15N2OP/c1-5(2)8(6(3)4)10(7)9/h5-7H,1-4H3. The van der Waals surface area contributed by atoms with Crippen LogP contribution in [0.3, 0.4) is 0 Å². The van der Waals surface area contributed by atoms with E-state index in [9.17, 15) is 4.89 Å². The van der Waals surface area contributed by atoms with Crippen molar-refractivity contribution < 1.29 is 4.89 Å². The van der Waals surface area contributed by atoms with Crippen molar-refractivity contribution in [1.82, 2.24) is 4.67 Å². The van der Waals surface area contributed by atoms with Gasteiger partial charge in [0.2, 0.25) is 0 Å². The molecule has 3 nitrogen and oxygen atoms in total. The SMILES string of the molecule is CC(C)N(C(C)C)[P+](=N)[O-]. The van der Waals surface area contributed by atoms with Crippen molar-refractivity contribution in [1.29, 1.82) is 5.16 Å². The van der Waals surface area contributed by atoms with E-state index in [4.69, 9.17) is 5.16 Å². The molecule has 0 aliphatic rings. The number of hydrogen-bond acceptors (Lipinski definition) is 2. The van der Waals surface area contributed by atoms with Gasteiger partial charge in [-0.3, -0.25) is 0 Å². The molecule has 4 heteroatoms. The van der Waals surface area contributed by atoms with Crippen LogP contribution in [0.15, 0.2) is 0 Å². The maximum atomic E-state index is 10.8. The second kappa shape index (κ2) is 4.02. The first kappa shape index (κ1) is 10.0. The molecule has 0 aromatic rings. The fourth-order valence-corrected chi connectivity index (χ4v) is 1.85. The largest absolute Gasteiger partial charge is 0.595 e. The van der Waals surface area contributed by atoms with Gasteiger partial charge in [0, 0.05) is 12.1 Å². The van der Waals surface area contributed by atoms with E-state index in [0.717, 1.165) is 0 Å². The molecule has 0 bridgehead atoms. The van der Waals surface area contributed by atoms with Gasteiger partial charge in [-0.2, -0.15) is 0 Å². The summed E-state index contributed by atoms with van der Waals surface area (Å²) in [7, 11) is -1.91. The molecule has 60 valence electrons. The Morgan fingerprint density at radius 2 is 1.50 bits per heavy atom. The predicted octanol–water partition coefficient (Wildman–Crippen LogP) is 1.54. The van der Waals surface area contributed by atoms with Crippen LogP contribution in [0.25, 0.3) is 0 Å². The minimum absolute atomic E-state index is 0.195. The number of nitrogens with one attached hydrogen (secondary N) is 1. The first-order valence-electron chi connectivity index (χ1n) is 3.43. The normalized spacial score (nSPS) is 13.4. The molecule has 0 saturated heterocycles. The lowest BCUT2D eigenvalue weighted by atomic mass is 10.3. The summed E-state index contributed by atoms with van der Waals surface area (Å²) in [4.78, 5) is 10.8. The Bertz CT molecular complexity index is 117. The summed E-state index contributed by atoms with van der Waals surface area (Å²) in [6.07, 6.45) is 0. The molecule has 0 saturated carbocycles. The molecule has 1 N–H and O–H groups in total. The van der Waals surface area contributed by atoms with Gasteiger partial charge in [-0.1, -0.05) is 0 Å². The number of nitrogens with zero attached hydrogens (tertiary/aromatic N) is 1. The van der Waals surface area contributed by atoms with Gasteiger partial charge in [-0.25, -0.2) is 0 Å². The summed E-state index contributed by atoms with van der Waals surface area (Å²) < 4.78 is 1.68. The third kappa shape index (κ3) is 2.74. The van der Waals surface area contributed by atoms with Gasteiger partial charge in [0.25, 0.3) is 8.09 Å². The third-order valence-electron chi connectivity index (χ3n) is 1.27. The zero-order valence-corrected chi connectivity index (χ0v) is 7.85. The molecule has 0 aromatic carbocycles. The number of rotatable bonds is 3. The summed E-state index contributed by atoms with van der Waals surface area (Å²) in [5.41, 5.74) is 0. The average molecular weight is 162 g/mol. The van der Waals surface area contributed by atoms with Gasteiger partial charge in [0.15, 0.2) is 0 Å². The van der Waals surface area contributed by atoms with Crippen molar-refractivity contribution in [2.75, 3.05) is 0 Å². The van der Waals surface area contributed by atoms with Crippen LogP contribution in [-0.2, 0) is 0 Å². The molecule has 0 aliphatic carbocycles. The molecule has 0 heterocycles. The fourth-order valence-electron chi connectivity index (χ4n) is 1.02. The molecule has 0 aliphatic heterocycles. The van der Waals surface area contributed by atoms with E-state index in [1.807, 2.05) is 27.7 Å². The van der Waals surface area contributed by atoms with Crippen LogP contribution in [0.1, 0.15) is 27.7 Å².